The average Bonchev–Trinajstić information content (AvgIpc) is 2.55. The summed E-state index contributed by atoms with van der Waals surface area (Å²) in [5, 5.41) is 2.62. The minimum atomic E-state index is -4.38. The van der Waals surface area contributed by atoms with Crippen molar-refractivity contribution in [2.45, 2.75) is 16.8 Å². The number of carbonyl (C=O) groups excluding carboxylic acids is 1. The Morgan fingerprint density at radius 2 is 2.00 bits per heavy atom. The highest BCUT2D eigenvalue weighted by atomic mass is 32.2. The molecule has 10 heteroatoms. The minimum Gasteiger partial charge on any atom is -0.424 e. The summed E-state index contributed by atoms with van der Waals surface area (Å²) in [5.41, 5.74) is -3.26. The number of hydrogen-bond donors (Lipinski definition) is 1. The fourth-order valence-electron chi connectivity index (χ4n) is 2.22. The van der Waals surface area contributed by atoms with E-state index in [1.165, 1.54) is 41.6 Å². The molecule has 1 aromatic carbocycles. The van der Waals surface area contributed by atoms with E-state index in [0.29, 0.717) is 24.4 Å². The van der Waals surface area contributed by atoms with Crippen molar-refractivity contribution in [3.05, 3.63) is 48.9 Å². The van der Waals surface area contributed by atoms with Crippen molar-refractivity contribution in [2.75, 3.05) is 11.4 Å². The van der Waals surface area contributed by atoms with Gasteiger partial charge in [0.1, 0.15) is 5.75 Å². The van der Waals surface area contributed by atoms with Gasteiger partial charge in [-0.05, 0) is 30.0 Å². The standard InChI is InChI=1S/C16H13F3N4O2S/c1-10-5-6-23(15(24)22-10)11-8-20-14(21-9-11)25-12-3-2-4-13(7-12)26-16(17,18)19/h2-4,7-9H,1,5-6H2,(H,22,24). The van der Waals surface area contributed by atoms with Gasteiger partial charge in [-0.1, -0.05) is 12.6 Å². The molecule has 1 aromatic heterocycles. The van der Waals surface area contributed by atoms with Crippen molar-refractivity contribution in [2.24, 2.45) is 0 Å². The van der Waals surface area contributed by atoms with Crippen molar-refractivity contribution in [1.29, 1.82) is 0 Å². The number of urea groups is 1. The van der Waals surface area contributed by atoms with E-state index in [4.69, 9.17) is 4.74 Å². The van der Waals surface area contributed by atoms with E-state index >= 15 is 0 Å². The van der Waals surface area contributed by atoms with E-state index in [9.17, 15) is 18.0 Å². The molecule has 1 aliphatic rings. The third-order valence-electron chi connectivity index (χ3n) is 3.34. The predicted octanol–water partition coefficient (Wildman–Crippen LogP) is 4.31. The summed E-state index contributed by atoms with van der Waals surface area (Å²) in [6.07, 6.45) is 3.42. The van der Waals surface area contributed by atoms with Gasteiger partial charge >= 0.3 is 17.5 Å². The van der Waals surface area contributed by atoms with E-state index < -0.39 is 5.51 Å². The van der Waals surface area contributed by atoms with Crippen LogP contribution in [0.4, 0.5) is 23.7 Å². The molecule has 1 aliphatic heterocycles. The van der Waals surface area contributed by atoms with Gasteiger partial charge in [0.15, 0.2) is 0 Å². The fraction of sp³-hybridized carbons (Fsp3) is 0.188. The van der Waals surface area contributed by atoms with Gasteiger partial charge in [0.25, 0.3) is 0 Å². The van der Waals surface area contributed by atoms with Crippen LogP contribution in [-0.2, 0) is 0 Å². The van der Waals surface area contributed by atoms with Crippen LogP contribution >= 0.6 is 11.8 Å². The molecular weight excluding hydrogens is 369 g/mol. The summed E-state index contributed by atoms with van der Waals surface area (Å²) >= 11 is -0.232. The van der Waals surface area contributed by atoms with Crippen molar-refractivity contribution < 1.29 is 22.7 Å². The van der Waals surface area contributed by atoms with Crippen molar-refractivity contribution >= 4 is 23.5 Å². The molecule has 0 unspecified atom stereocenters. The second-order valence-electron chi connectivity index (χ2n) is 5.28. The molecule has 136 valence electrons. The quantitative estimate of drug-likeness (QED) is 0.798. The Morgan fingerprint density at radius 3 is 2.65 bits per heavy atom. The highest BCUT2D eigenvalue weighted by molar-refractivity contribution is 8.00. The zero-order chi connectivity index (χ0) is 18.7. The van der Waals surface area contributed by atoms with Gasteiger partial charge in [-0.15, -0.1) is 0 Å². The van der Waals surface area contributed by atoms with Crippen LogP contribution in [0.3, 0.4) is 0 Å². The van der Waals surface area contributed by atoms with Gasteiger partial charge in [-0.3, -0.25) is 4.90 Å². The third-order valence-corrected chi connectivity index (χ3v) is 4.06. The first-order valence-electron chi connectivity index (χ1n) is 7.42. The number of hydrogen-bond acceptors (Lipinski definition) is 5. The van der Waals surface area contributed by atoms with Crippen LogP contribution in [0.2, 0.25) is 0 Å². The molecule has 0 aliphatic carbocycles. The maximum Gasteiger partial charge on any atom is 0.446 e. The second kappa shape index (κ2) is 7.24. The molecule has 1 fully saturated rings. The van der Waals surface area contributed by atoms with Crippen molar-refractivity contribution in [1.82, 2.24) is 15.3 Å². The van der Waals surface area contributed by atoms with Crippen LogP contribution in [0.15, 0.2) is 53.8 Å². The zero-order valence-corrected chi connectivity index (χ0v) is 14.1. The number of alkyl halides is 3. The normalized spacial score (nSPS) is 15.0. The summed E-state index contributed by atoms with van der Waals surface area (Å²) < 4.78 is 42.7. The van der Waals surface area contributed by atoms with Gasteiger partial charge < -0.3 is 10.1 Å². The number of anilines is 1. The predicted molar refractivity (Wildman–Crippen MR) is 90.1 cm³/mol. The lowest BCUT2D eigenvalue weighted by Gasteiger charge is -2.28. The first-order chi connectivity index (χ1) is 12.3. The average molecular weight is 382 g/mol. The number of carbonyl (C=O) groups is 1. The van der Waals surface area contributed by atoms with Gasteiger partial charge in [0.05, 0.1) is 18.1 Å². The zero-order valence-electron chi connectivity index (χ0n) is 13.3. The highest BCUT2D eigenvalue weighted by Crippen LogP contribution is 2.38. The van der Waals surface area contributed by atoms with Crippen LogP contribution in [0.25, 0.3) is 0 Å². The maximum atomic E-state index is 12.4. The topological polar surface area (TPSA) is 67.3 Å². The van der Waals surface area contributed by atoms with Gasteiger partial charge in [-0.2, -0.15) is 13.2 Å². The Kier molecular flexibility index (Phi) is 5.03. The van der Waals surface area contributed by atoms with Gasteiger partial charge in [0, 0.05) is 23.6 Å². The number of halogens is 3. The molecule has 0 bridgehead atoms. The Morgan fingerprint density at radius 1 is 1.27 bits per heavy atom. The van der Waals surface area contributed by atoms with Gasteiger partial charge in [0.2, 0.25) is 0 Å². The molecular formula is C16H13F3N4O2S. The van der Waals surface area contributed by atoms with E-state index in [2.05, 4.69) is 21.9 Å². The summed E-state index contributed by atoms with van der Waals surface area (Å²) in [6, 6.07) is 5.17. The van der Waals surface area contributed by atoms with Crippen LogP contribution in [0.5, 0.6) is 11.8 Å². The Labute approximate surface area is 151 Å². The molecule has 2 heterocycles. The SMILES string of the molecule is C=C1CCN(c2cnc(Oc3cccc(SC(F)(F)F)c3)nc2)C(=O)N1. The third kappa shape index (κ3) is 4.66. The fourth-order valence-corrected chi connectivity index (χ4v) is 2.81. The molecule has 1 saturated heterocycles. The van der Waals surface area contributed by atoms with E-state index in [1.807, 2.05) is 0 Å². The lowest BCUT2D eigenvalue weighted by molar-refractivity contribution is -0.0328. The number of rotatable bonds is 4. The molecule has 0 atom stereocenters. The summed E-state index contributed by atoms with van der Waals surface area (Å²) in [4.78, 5) is 21.4. The van der Waals surface area contributed by atoms with Gasteiger partial charge in [-0.25, -0.2) is 14.8 Å². The monoisotopic (exact) mass is 382 g/mol. The second-order valence-corrected chi connectivity index (χ2v) is 6.42. The molecule has 0 saturated carbocycles. The summed E-state index contributed by atoms with van der Waals surface area (Å²) in [6.45, 7) is 4.15. The number of nitrogens with one attached hydrogen (secondary N) is 1. The first kappa shape index (κ1) is 18.1. The first-order valence-corrected chi connectivity index (χ1v) is 8.24. The van der Waals surface area contributed by atoms with Crippen LogP contribution in [0, 0.1) is 0 Å². The maximum absolute atomic E-state index is 12.4. The molecule has 2 amide bonds. The number of ether oxygens (including phenoxy) is 1. The molecule has 3 rings (SSSR count). The van der Waals surface area contributed by atoms with Crippen molar-refractivity contribution in [3.63, 3.8) is 0 Å². The molecule has 2 aromatic rings. The number of amides is 2. The Bertz CT molecular complexity index is 827. The largest absolute Gasteiger partial charge is 0.446 e. The van der Waals surface area contributed by atoms with Crippen LogP contribution in [0.1, 0.15) is 6.42 Å². The number of aromatic nitrogens is 2. The molecule has 0 spiro atoms. The number of nitrogens with zero attached hydrogens (tertiary/aromatic N) is 3. The number of benzene rings is 1. The molecule has 1 N–H and O–H groups in total. The minimum absolute atomic E-state index is 0.00293. The lowest BCUT2D eigenvalue weighted by Crippen LogP contribution is -2.45. The molecule has 6 nitrogen and oxygen atoms in total. The van der Waals surface area contributed by atoms with Crippen molar-refractivity contribution in [3.8, 4) is 11.8 Å². The van der Waals surface area contributed by atoms with E-state index in [-0.39, 0.29) is 34.4 Å². The summed E-state index contributed by atoms with van der Waals surface area (Å²) in [5.74, 6) is 0.180. The van der Waals surface area contributed by atoms with Crippen LogP contribution in [-0.4, -0.2) is 28.1 Å². The Hall–Kier alpha value is -2.75. The Balaban J connectivity index is 1.69. The number of thioether (sulfide) groups is 1. The van der Waals surface area contributed by atoms with Crippen LogP contribution < -0.4 is 15.0 Å². The highest BCUT2D eigenvalue weighted by Gasteiger charge is 2.29. The lowest BCUT2D eigenvalue weighted by atomic mass is 10.2. The van der Waals surface area contributed by atoms with E-state index in [1.54, 1.807) is 0 Å². The smallest absolute Gasteiger partial charge is 0.424 e. The molecule has 0 radical (unpaired) electrons. The summed E-state index contributed by atoms with van der Waals surface area (Å²) in [7, 11) is 0. The van der Waals surface area contributed by atoms with E-state index in [0.717, 1.165) is 0 Å². The molecule has 26 heavy (non-hydrogen) atoms.